The van der Waals surface area contributed by atoms with Crippen molar-refractivity contribution in [3.63, 3.8) is 0 Å². The summed E-state index contributed by atoms with van der Waals surface area (Å²) >= 11 is 0. The highest BCUT2D eigenvalue weighted by molar-refractivity contribution is 7.92. The Morgan fingerprint density at radius 2 is 1.79 bits per heavy atom. The smallest absolute Gasteiger partial charge is 0.183 e. The number of hydrogen-bond donors (Lipinski definition) is 0. The molecule has 0 amide bonds. The average Bonchev–Trinajstić information content (AvgIpc) is 3.30. The molecule has 2 fully saturated rings. The van der Waals surface area contributed by atoms with Gasteiger partial charge in [0.15, 0.2) is 9.84 Å². The van der Waals surface area contributed by atoms with Gasteiger partial charge in [-0.15, -0.1) is 0 Å². The van der Waals surface area contributed by atoms with E-state index in [0.717, 1.165) is 25.4 Å². The Bertz CT molecular complexity index is 897. The first kappa shape index (κ1) is 19.6. The second-order valence-corrected chi connectivity index (χ2v) is 11.5. The van der Waals surface area contributed by atoms with Crippen molar-refractivity contribution in [2.45, 2.75) is 61.1 Å². The molecule has 2 heterocycles. The van der Waals surface area contributed by atoms with E-state index in [1.807, 2.05) is 13.8 Å². The van der Waals surface area contributed by atoms with E-state index in [1.165, 1.54) is 18.4 Å². The van der Waals surface area contributed by atoms with Crippen LogP contribution in [0.15, 0.2) is 59.8 Å². The molecule has 1 aliphatic heterocycles. The molecule has 28 heavy (non-hydrogen) atoms. The molecule has 5 heteroatoms. The monoisotopic (exact) mass is 398 g/mol. The number of likely N-dealkylation sites (tertiary alicyclic amines) is 1. The molecule has 3 atom stereocenters. The Hall–Kier alpha value is -1.72. The van der Waals surface area contributed by atoms with Crippen LogP contribution in [0.2, 0.25) is 0 Å². The minimum Gasteiger partial charge on any atom is -0.300 e. The van der Waals surface area contributed by atoms with Crippen LogP contribution < -0.4 is 0 Å². The van der Waals surface area contributed by atoms with E-state index < -0.39 is 14.6 Å². The highest BCUT2D eigenvalue weighted by atomic mass is 32.2. The zero-order chi connectivity index (χ0) is 19.8. The van der Waals surface area contributed by atoms with Crippen LogP contribution >= 0.6 is 0 Å². The Morgan fingerprint density at radius 3 is 2.43 bits per heavy atom. The van der Waals surface area contributed by atoms with Crippen LogP contribution in [-0.2, 0) is 9.84 Å². The maximum absolute atomic E-state index is 13.0. The number of nitrogens with zero attached hydrogens (tertiary/aromatic N) is 2. The molecular weight excluding hydrogens is 368 g/mol. The molecule has 2 aliphatic rings. The Morgan fingerprint density at radius 1 is 1.07 bits per heavy atom. The quantitative estimate of drug-likeness (QED) is 0.698. The standard InChI is InChI=1S/C23H30N2O2S/c1-23(2,28(26,27)21-9-12-24-13-10-21)11-6-14-25-17-19-15-20(25)16-22(19)18-7-4-3-5-8-18/h3-5,7-10,12-13,19-20,22H,6,11,14-17H2,1-2H3/t19?,20-,22-/m1/s1. The highest BCUT2D eigenvalue weighted by Gasteiger charge is 2.45. The van der Waals surface area contributed by atoms with Gasteiger partial charge in [-0.2, -0.15) is 0 Å². The third-order valence-electron chi connectivity index (χ3n) is 6.79. The summed E-state index contributed by atoms with van der Waals surface area (Å²) in [6.45, 7) is 5.86. The molecule has 1 unspecified atom stereocenters. The number of sulfone groups is 1. The second-order valence-electron chi connectivity index (χ2n) is 8.95. The van der Waals surface area contributed by atoms with Crippen molar-refractivity contribution in [3.8, 4) is 0 Å². The fraction of sp³-hybridized carbons (Fsp3) is 0.522. The maximum atomic E-state index is 13.0. The third kappa shape index (κ3) is 3.62. The van der Waals surface area contributed by atoms with E-state index in [-0.39, 0.29) is 0 Å². The third-order valence-corrected chi connectivity index (χ3v) is 9.35. The number of pyridine rings is 1. The second kappa shape index (κ2) is 7.60. The van der Waals surface area contributed by atoms with Gasteiger partial charge < -0.3 is 4.90 Å². The molecule has 0 radical (unpaired) electrons. The number of hydrogen-bond acceptors (Lipinski definition) is 4. The summed E-state index contributed by atoms with van der Waals surface area (Å²) in [5, 5.41) is 0. The van der Waals surface area contributed by atoms with E-state index in [9.17, 15) is 8.42 Å². The summed E-state index contributed by atoms with van der Waals surface area (Å²) < 4.78 is 25.2. The van der Waals surface area contributed by atoms with Gasteiger partial charge in [0.2, 0.25) is 0 Å². The van der Waals surface area contributed by atoms with Crippen LogP contribution in [0.25, 0.3) is 0 Å². The van der Waals surface area contributed by atoms with Crippen molar-refractivity contribution >= 4 is 9.84 Å². The lowest BCUT2D eigenvalue weighted by atomic mass is 9.87. The Labute approximate surface area is 168 Å². The summed E-state index contributed by atoms with van der Waals surface area (Å²) in [6, 6.07) is 14.8. The molecule has 4 nitrogen and oxygen atoms in total. The van der Waals surface area contributed by atoms with Crippen molar-refractivity contribution in [1.29, 1.82) is 0 Å². The zero-order valence-electron chi connectivity index (χ0n) is 16.8. The predicted octanol–water partition coefficient (Wildman–Crippen LogP) is 4.29. The minimum atomic E-state index is -3.35. The SMILES string of the molecule is CC(C)(CCCN1CC2C[C@@H]1C[C@@H]2c1ccccc1)S(=O)(=O)c1ccncc1. The molecular formula is C23H30N2O2S. The molecule has 2 bridgehead atoms. The molecule has 0 N–H and O–H groups in total. The fourth-order valence-electron chi connectivity index (χ4n) is 5.11. The van der Waals surface area contributed by atoms with Gasteiger partial charge >= 0.3 is 0 Å². The molecule has 1 aliphatic carbocycles. The summed E-state index contributed by atoms with van der Waals surface area (Å²) in [7, 11) is -3.35. The number of aromatic nitrogens is 1. The van der Waals surface area contributed by atoms with Crippen molar-refractivity contribution in [2.24, 2.45) is 5.92 Å². The van der Waals surface area contributed by atoms with Crippen LogP contribution in [0.4, 0.5) is 0 Å². The summed E-state index contributed by atoms with van der Waals surface area (Å²) in [5.74, 6) is 1.45. The lowest BCUT2D eigenvalue weighted by molar-refractivity contribution is 0.194. The zero-order valence-corrected chi connectivity index (χ0v) is 17.6. The van der Waals surface area contributed by atoms with E-state index in [4.69, 9.17) is 0 Å². The van der Waals surface area contributed by atoms with Crippen molar-refractivity contribution in [2.75, 3.05) is 13.1 Å². The van der Waals surface area contributed by atoms with Crippen molar-refractivity contribution in [1.82, 2.24) is 9.88 Å². The number of piperidine rings is 1. The van der Waals surface area contributed by atoms with E-state index in [2.05, 4.69) is 40.2 Å². The van der Waals surface area contributed by atoms with E-state index >= 15 is 0 Å². The van der Waals surface area contributed by atoms with Crippen molar-refractivity contribution in [3.05, 3.63) is 60.4 Å². The van der Waals surface area contributed by atoms with Gasteiger partial charge in [-0.05, 0) is 75.6 Å². The molecule has 1 saturated carbocycles. The normalized spacial score (nSPS) is 25.3. The van der Waals surface area contributed by atoms with Gasteiger partial charge in [0.1, 0.15) is 0 Å². The highest BCUT2D eigenvalue weighted by Crippen LogP contribution is 2.47. The fourth-order valence-corrected chi connectivity index (χ4v) is 6.64. The predicted molar refractivity (Wildman–Crippen MR) is 112 cm³/mol. The number of benzene rings is 1. The van der Waals surface area contributed by atoms with Gasteiger partial charge in [0.25, 0.3) is 0 Å². The molecule has 150 valence electrons. The van der Waals surface area contributed by atoms with Gasteiger partial charge in [0.05, 0.1) is 9.64 Å². The average molecular weight is 399 g/mol. The number of fused-ring (bicyclic) bond motifs is 2. The number of rotatable bonds is 7. The molecule has 1 aromatic heterocycles. The summed E-state index contributed by atoms with van der Waals surface area (Å²) in [4.78, 5) is 6.90. The molecule has 2 aromatic rings. The molecule has 1 aromatic carbocycles. The summed E-state index contributed by atoms with van der Waals surface area (Å²) in [6.07, 6.45) is 7.22. The minimum absolute atomic E-state index is 0.374. The Kier molecular flexibility index (Phi) is 5.32. The topological polar surface area (TPSA) is 50.3 Å². The van der Waals surface area contributed by atoms with Crippen LogP contribution in [0, 0.1) is 5.92 Å². The summed E-state index contributed by atoms with van der Waals surface area (Å²) in [5.41, 5.74) is 1.49. The van der Waals surface area contributed by atoms with Gasteiger partial charge in [0, 0.05) is 25.0 Å². The van der Waals surface area contributed by atoms with Crippen LogP contribution in [0.1, 0.15) is 51.0 Å². The largest absolute Gasteiger partial charge is 0.300 e. The lowest BCUT2D eigenvalue weighted by Crippen LogP contribution is -2.37. The van der Waals surface area contributed by atoms with E-state index in [0.29, 0.717) is 23.3 Å². The first-order valence-electron chi connectivity index (χ1n) is 10.3. The lowest BCUT2D eigenvalue weighted by Gasteiger charge is -2.33. The van der Waals surface area contributed by atoms with Crippen LogP contribution in [0.3, 0.4) is 0 Å². The molecule has 1 saturated heterocycles. The Balaban J connectivity index is 1.32. The van der Waals surface area contributed by atoms with E-state index in [1.54, 1.807) is 24.5 Å². The first-order chi connectivity index (χ1) is 13.4. The maximum Gasteiger partial charge on any atom is 0.183 e. The van der Waals surface area contributed by atoms with Crippen LogP contribution in [0.5, 0.6) is 0 Å². The first-order valence-corrected chi connectivity index (χ1v) is 11.8. The van der Waals surface area contributed by atoms with Gasteiger partial charge in [-0.3, -0.25) is 4.98 Å². The molecule has 0 spiro atoms. The van der Waals surface area contributed by atoms with Crippen molar-refractivity contribution < 1.29 is 8.42 Å². The van der Waals surface area contributed by atoms with Gasteiger partial charge in [-0.25, -0.2) is 8.42 Å². The molecule has 4 rings (SSSR count). The van der Waals surface area contributed by atoms with Crippen LogP contribution in [-0.4, -0.2) is 42.2 Å². The van der Waals surface area contributed by atoms with Gasteiger partial charge in [-0.1, -0.05) is 30.3 Å².